The number of aromatic carboxylic acids is 1. The van der Waals surface area contributed by atoms with Crippen molar-refractivity contribution in [3.63, 3.8) is 0 Å². The first kappa shape index (κ1) is 9.23. The number of rotatable bonds is 1. The number of aromatic nitrogens is 1. The predicted molar refractivity (Wildman–Crippen MR) is 56.0 cm³/mol. The Kier molecular flexibility index (Phi) is 2.05. The summed E-state index contributed by atoms with van der Waals surface area (Å²) in [6.07, 6.45) is 1.50. The van der Waals surface area contributed by atoms with Gasteiger partial charge in [-0.1, -0.05) is 11.6 Å². The molecule has 0 saturated carbocycles. The molecule has 2 heterocycles. The van der Waals surface area contributed by atoms with Gasteiger partial charge in [-0.2, -0.15) is 0 Å². The molecule has 0 saturated heterocycles. The van der Waals surface area contributed by atoms with Crippen LogP contribution in [0, 0.1) is 0 Å². The van der Waals surface area contributed by atoms with Crippen LogP contribution in [0.1, 0.15) is 9.67 Å². The number of nitrogens with two attached hydrogens (primary N) is 1. The second kappa shape index (κ2) is 3.11. The number of hydrogen-bond acceptors (Lipinski definition) is 4. The van der Waals surface area contributed by atoms with E-state index in [9.17, 15) is 4.79 Å². The summed E-state index contributed by atoms with van der Waals surface area (Å²) in [7, 11) is 0. The van der Waals surface area contributed by atoms with Crippen LogP contribution >= 0.6 is 22.9 Å². The molecule has 4 nitrogen and oxygen atoms in total. The maximum atomic E-state index is 10.8. The van der Waals surface area contributed by atoms with Crippen molar-refractivity contribution < 1.29 is 9.90 Å². The van der Waals surface area contributed by atoms with Crippen LogP contribution in [0.25, 0.3) is 10.1 Å². The van der Waals surface area contributed by atoms with Crippen molar-refractivity contribution in [1.82, 2.24) is 4.98 Å². The summed E-state index contributed by atoms with van der Waals surface area (Å²) in [4.78, 5) is 14.7. The molecule has 2 aromatic heterocycles. The monoisotopic (exact) mass is 228 g/mol. The molecule has 2 aromatic rings. The maximum absolute atomic E-state index is 10.8. The standard InChI is InChI=1S/C8H5ClN2O2S/c9-7-5-3(1-2-11-7)4(10)6(14-5)8(12)13/h1-2H,10H2,(H,12,13). The van der Waals surface area contributed by atoms with Crippen LogP contribution in [0.3, 0.4) is 0 Å². The summed E-state index contributed by atoms with van der Waals surface area (Å²) in [6, 6.07) is 1.65. The average Bonchev–Trinajstić information content (AvgIpc) is 2.46. The molecule has 0 atom stereocenters. The van der Waals surface area contributed by atoms with Crippen molar-refractivity contribution in [2.24, 2.45) is 0 Å². The minimum absolute atomic E-state index is 0.106. The Bertz CT molecular complexity index is 523. The van der Waals surface area contributed by atoms with E-state index in [2.05, 4.69) is 4.98 Å². The highest BCUT2D eigenvalue weighted by molar-refractivity contribution is 7.22. The predicted octanol–water partition coefficient (Wildman–Crippen LogP) is 2.23. The third-order valence-electron chi connectivity index (χ3n) is 1.79. The molecular weight excluding hydrogens is 224 g/mol. The van der Waals surface area contributed by atoms with Crippen molar-refractivity contribution in [2.75, 3.05) is 5.73 Å². The van der Waals surface area contributed by atoms with Gasteiger partial charge in [-0.25, -0.2) is 9.78 Å². The Morgan fingerprint density at radius 3 is 2.93 bits per heavy atom. The molecule has 72 valence electrons. The summed E-state index contributed by atoms with van der Waals surface area (Å²) >= 11 is 6.84. The zero-order valence-corrected chi connectivity index (χ0v) is 8.39. The molecule has 0 aliphatic rings. The highest BCUT2D eigenvalue weighted by atomic mass is 35.5. The number of carboxylic acids is 1. The van der Waals surface area contributed by atoms with Crippen LogP contribution in [0.4, 0.5) is 5.69 Å². The lowest BCUT2D eigenvalue weighted by Crippen LogP contribution is -1.96. The van der Waals surface area contributed by atoms with E-state index in [4.69, 9.17) is 22.4 Å². The molecule has 0 aromatic carbocycles. The number of nitrogen functional groups attached to an aromatic ring is 1. The van der Waals surface area contributed by atoms with Crippen LogP contribution in [0.5, 0.6) is 0 Å². The molecule has 0 spiro atoms. The number of nitrogens with zero attached hydrogens (tertiary/aromatic N) is 1. The third kappa shape index (κ3) is 1.21. The number of carbonyl (C=O) groups is 1. The molecule has 2 rings (SSSR count). The van der Waals surface area contributed by atoms with Gasteiger partial charge in [0, 0.05) is 11.6 Å². The fourth-order valence-corrected chi connectivity index (χ4v) is 2.38. The van der Waals surface area contributed by atoms with Gasteiger partial charge in [0.25, 0.3) is 0 Å². The minimum atomic E-state index is -1.04. The van der Waals surface area contributed by atoms with Crippen molar-refractivity contribution in [2.45, 2.75) is 0 Å². The van der Waals surface area contributed by atoms with Gasteiger partial charge in [0.15, 0.2) is 0 Å². The van der Waals surface area contributed by atoms with Crippen LogP contribution < -0.4 is 5.73 Å². The van der Waals surface area contributed by atoms with Crippen molar-refractivity contribution >= 4 is 44.7 Å². The van der Waals surface area contributed by atoms with Gasteiger partial charge in [-0.05, 0) is 6.07 Å². The van der Waals surface area contributed by atoms with Crippen LogP contribution in [-0.4, -0.2) is 16.1 Å². The molecule has 0 bridgehead atoms. The number of pyridine rings is 1. The molecule has 0 amide bonds. The zero-order chi connectivity index (χ0) is 10.3. The fourth-order valence-electron chi connectivity index (χ4n) is 1.17. The number of hydrogen-bond donors (Lipinski definition) is 2. The topological polar surface area (TPSA) is 76.2 Å². The van der Waals surface area contributed by atoms with Gasteiger partial charge in [-0.15, -0.1) is 11.3 Å². The lowest BCUT2D eigenvalue weighted by molar-refractivity contribution is 0.0703. The largest absolute Gasteiger partial charge is 0.477 e. The van der Waals surface area contributed by atoms with Crippen molar-refractivity contribution in [1.29, 1.82) is 0 Å². The highest BCUT2D eigenvalue weighted by Crippen LogP contribution is 2.36. The third-order valence-corrected chi connectivity index (χ3v) is 3.41. The molecule has 6 heteroatoms. The molecule has 0 unspecified atom stereocenters. The molecule has 14 heavy (non-hydrogen) atoms. The van der Waals surface area contributed by atoms with Crippen molar-refractivity contribution in [3.8, 4) is 0 Å². The van der Waals surface area contributed by atoms with Gasteiger partial charge in [-0.3, -0.25) is 0 Å². The summed E-state index contributed by atoms with van der Waals surface area (Å²) in [5, 5.41) is 9.75. The quantitative estimate of drug-likeness (QED) is 0.734. The van der Waals surface area contributed by atoms with E-state index >= 15 is 0 Å². The SMILES string of the molecule is Nc1c(C(=O)O)sc2c(Cl)nccc12. The molecule has 0 aliphatic heterocycles. The van der Waals surface area contributed by atoms with Gasteiger partial charge >= 0.3 is 5.97 Å². The van der Waals surface area contributed by atoms with Crippen LogP contribution in [0.15, 0.2) is 12.3 Å². The Labute approximate surface area is 87.9 Å². The normalized spacial score (nSPS) is 10.6. The lowest BCUT2D eigenvalue weighted by atomic mass is 10.2. The number of carboxylic acid groups (broad SMARTS) is 1. The summed E-state index contributed by atoms with van der Waals surface area (Å²) in [6.45, 7) is 0. The van der Waals surface area contributed by atoms with E-state index in [1.165, 1.54) is 6.20 Å². The van der Waals surface area contributed by atoms with E-state index in [-0.39, 0.29) is 15.7 Å². The summed E-state index contributed by atoms with van der Waals surface area (Å²) in [5.74, 6) is -1.04. The molecular formula is C8H5ClN2O2S. The Balaban J connectivity index is 2.86. The van der Waals surface area contributed by atoms with E-state index in [1.54, 1.807) is 6.07 Å². The van der Waals surface area contributed by atoms with E-state index < -0.39 is 5.97 Å². The Hall–Kier alpha value is -1.33. The Morgan fingerprint density at radius 1 is 1.64 bits per heavy atom. The van der Waals surface area contributed by atoms with Crippen LogP contribution in [-0.2, 0) is 0 Å². The smallest absolute Gasteiger partial charge is 0.348 e. The van der Waals surface area contributed by atoms with Gasteiger partial charge in [0.2, 0.25) is 0 Å². The number of anilines is 1. The highest BCUT2D eigenvalue weighted by Gasteiger charge is 2.16. The Morgan fingerprint density at radius 2 is 2.36 bits per heavy atom. The van der Waals surface area contributed by atoms with Gasteiger partial charge in [0.05, 0.1) is 10.4 Å². The molecule has 0 aliphatic carbocycles. The maximum Gasteiger partial charge on any atom is 0.348 e. The van der Waals surface area contributed by atoms with E-state index in [0.717, 1.165) is 11.3 Å². The molecule has 0 radical (unpaired) electrons. The summed E-state index contributed by atoms with van der Waals surface area (Å²) < 4.78 is 0.615. The van der Waals surface area contributed by atoms with Crippen LogP contribution in [0.2, 0.25) is 5.15 Å². The van der Waals surface area contributed by atoms with Gasteiger partial charge in [0.1, 0.15) is 10.0 Å². The molecule has 3 N–H and O–H groups in total. The fraction of sp³-hybridized carbons (Fsp3) is 0. The number of fused-ring (bicyclic) bond motifs is 1. The van der Waals surface area contributed by atoms with Gasteiger partial charge < -0.3 is 10.8 Å². The lowest BCUT2D eigenvalue weighted by Gasteiger charge is -1.92. The average molecular weight is 229 g/mol. The zero-order valence-electron chi connectivity index (χ0n) is 6.82. The first-order valence-corrected chi connectivity index (χ1v) is 4.86. The summed E-state index contributed by atoms with van der Waals surface area (Å²) in [5.41, 5.74) is 5.90. The molecule has 0 fully saturated rings. The minimum Gasteiger partial charge on any atom is -0.477 e. The van der Waals surface area contributed by atoms with E-state index in [0.29, 0.717) is 10.1 Å². The second-order valence-electron chi connectivity index (χ2n) is 2.63. The van der Waals surface area contributed by atoms with Crippen molar-refractivity contribution in [3.05, 3.63) is 22.3 Å². The first-order chi connectivity index (χ1) is 6.61. The van der Waals surface area contributed by atoms with E-state index in [1.807, 2.05) is 0 Å². The first-order valence-electron chi connectivity index (χ1n) is 3.67. The second-order valence-corrected chi connectivity index (χ2v) is 4.01. The number of thiophene rings is 1. The number of halogens is 1.